The maximum Gasteiger partial charge on any atom is 0.259 e. The minimum atomic E-state index is -0.170. The topological polar surface area (TPSA) is 80.9 Å². The van der Waals surface area contributed by atoms with E-state index in [0.717, 1.165) is 30.5 Å². The summed E-state index contributed by atoms with van der Waals surface area (Å²) in [5.41, 5.74) is 8.54. The highest BCUT2D eigenvalue weighted by Crippen LogP contribution is 2.29. The number of amides is 1. The van der Waals surface area contributed by atoms with Crippen LogP contribution >= 0.6 is 11.3 Å². The maximum absolute atomic E-state index is 12.1. The number of anilines is 1. The fourth-order valence-corrected chi connectivity index (χ4v) is 3.40. The van der Waals surface area contributed by atoms with Crippen molar-refractivity contribution in [1.29, 1.82) is 0 Å². The van der Waals surface area contributed by atoms with E-state index in [1.165, 1.54) is 16.2 Å². The molecule has 0 aliphatic heterocycles. The van der Waals surface area contributed by atoms with Gasteiger partial charge in [-0.1, -0.05) is 0 Å². The molecule has 2 heterocycles. The fraction of sp³-hybridized carbons (Fsp3) is 0.357. The van der Waals surface area contributed by atoms with E-state index in [2.05, 4.69) is 15.3 Å². The molecular formula is C14H16N4OS. The number of thiazole rings is 1. The second kappa shape index (κ2) is 5.30. The normalized spacial score (nSPS) is 17.6. The van der Waals surface area contributed by atoms with Gasteiger partial charge >= 0.3 is 0 Å². The van der Waals surface area contributed by atoms with Gasteiger partial charge in [-0.2, -0.15) is 0 Å². The molecule has 0 saturated heterocycles. The summed E-state index contributed by atoms with van der Waals surface area (Å²) in [5.74, 6) is -0.170. The zero-order chi connectivity index (χ0) is 14.1. The van der Waals surface area contributed by atoms with E-state index in [4.69, 9.17) is 5.73 Å². The highest BCUT2D eigenvalue weighted by Gasteiger charge is 2.21. The second-order valence-electron chi connectivity index (χ2n) is 5.10. The van der Waals surface area contributed by atoms with Crippen molar-refractivity contribution >= 4 is 22.4 Å². The molecule has 20 heavy (non-hydrogen) atoms. The maximum atomic E-state index is 12.1. The smallest absolute Gasteiger partial charge is 0.259 e. The molecule has 0 unspecified atom stereocenters. The second-order valence-corrected chi connectivity index (χ2v) is 6.18. The van der Waals surface area contributed by atoms with Gasteiger partial charge in [-0.25, -0.2) is 4.98 Å². The molecule has 3 rings (SSSR count). The Balaban J connectivity index is 1.77. The highest BCUT2D eigenvalue weighted by atomic mass is 32.1. The van der Waals surface area contributed by atoms with Crippen LogP contribution in [-0.2, 0) is 12.8 Å². The Bertz CT molecular complexity index is 652. The average molecular weight is 288 g/mol. The third-order valence-corrected chi connectivity index (χ3v) is 4.37. The molecule has 2 aromatic rings. The summed E-state index contributed by atoms with van der Waals surface area (Å²) in [6.07, 6.45) is 6.00. The van der Waals surface area contributed by atoms with Gasteiger partial charge in [-0.05, 0) is 37.8 Å². The molecule has 1 aliphatic carbocycles. The third-order valence-electron chi connectivity index (χ3n) is 3.34. The Hall–Kier alpha value is -1.79. The number of rotatable bonds is 2. The molecular weight excluding hydrogens is 272 g/mol. The van der Waals surface area contributed by atoms with E-state index in [9.17, 15) is 4.79 Å². The minimum absolute atomic E-state index is 0.170. The molecule has 0 saturated carbocycles. The van der Waals surface area contributed by atoms with Gasteiger partial charge in [0.25, 0.3) is 5.91 Å². The summed E-state index contributed by atoms with van der Waals surface area (Å²) in [5, 5.41) is 3.49. The summed E-state index contributed by atoms with van der Waals surface area (Å²) in [7, 11) is 0. The van der Waals surface area contributed by atoms with Gasteiger partial charge in [0.1, 0.15) is 0 Å². The van der Waals surface area contributed by atoms with Crippen LogP contribution in [0, 0.1) is 6.92 Å². The summed E-state index contributed by atoms with van der Waals surface area (Å²) >= 11 is 1.52. The minimum Gasteiger partial charge on any atom is -0.327 e. The molecule has 3 N–H and O–H groups in total. The Morgan fingerprint density at radius 1 is 1.50 bits per heavy atom. The van der Waals surface area contributed by atoms with Crippen LogP contribution in [0.15, 0.2) is 18.5 Å². The van der Waals surface area contributed by atoms with Gasteiger partial charge < -0.3 is 5.73 Å². The number of aryl methyl sites for hydroxylation is 2. The van der Waals surface area contributed by atoms with E-state index >= 15 is 0 Å². The summed E-state index contributed by atoms with van der Waals surface area (Å²) < 4.78 is 0. The molecule has 1 atom stereocenters. The van der Waals surface area contributed by atoms with Crippen LogP contribution in [0.5, 0.6) is 0 Å². The van der Waals surface area contributed by atoms with Crippen molar-refractivity contribution in [3.63, 3.8) is 0 Å². The Labute approximate surface area is 121 Å². The lowest BCUT2D eigenvalue weighted by atomic mass is 9.99. The number of fused-ring (bicyclic) bond motifs is 1. The molecule has 0 radical (unpaired) electrons. The van der Waals surface area contributed by atoms with Crippen LogP contribution in [0.4, 0.5) is 5.13 Å². The zero-order valence-electron chi connectivity index (χ0n) is 11.2. The van der Waals surface area contributed by atoms with Crippen molar-refractivity contribution in [2.24, 2.45) is 5.73 Å². The van der Waals surface area contributed by atoms with E-state index < -0.39 is 0 Å². The summed E-state index contributed by atoms with van der Waals surface area (Å²) in [6, 6.07) is 2.03. The largest absolute Gasteiger partial charge is 0.327 e. The first kappa shape index (κ1) is 13.2. The van der Waals surface area contributed by atoms with Crippen molar-refractivity contribution in [3.05, 3.63) is 40.2 Å². The van der Waals surface area contributed by atoms with Crippen molar-refractivity contribution in [2.75, 3.05) is 5.32 Å². The van der Waals surface area contributed by atoms with E-state index in [1.807, 2.05) is 13.0 Å². The lowest BCUT2D eigenvalue weighted by molar-refractivity contribution is 0.102. The van der Waals surface area contributed by atoms with Gasteiger partial charge in [0.05, 0.1) is 11.3 Å². The zero-order valence-corrected chi connectivity index (χ0v) is 12.0. The molecule has 0 aromatic carbocycles. The van der Waals surface area contributed by atoms with Gasteiger partial charge in [-0.15, -0.1) is 11.3 Å². The molecule has 0 bridgehead atoms. The molecule has 0 spiro atoms. The number of nitrogens with one attached hydrogen (secondary N) is 1. The lowest BCUT2D eigenvalue weighted by Gasteiger charge is -2.15. The quantitative estimate of drug-likeness (QED) is 0.884. The molecule has 1 aliphatic rings. The lowest BCUT2D eigenvalue weighted by Crippen LogP contribution is -2.27. The first-order valence-corrected chi connectivity index (χ1v) is 7.40. The van der Waals surface area contributed by atoms with Crippen LogP contribution in [0.1, 0.15) is 32.9 Å². The van der Waals surface area contributed by atoms with Crippen LogP contribution < -0.4 is 11.1 Å². The van der Waals surface area contributed by atoms with Crippen LogP contribution in [0.2, 0.25) is 0 Å². The van der Waals surface area contributed by atoms with Crippen LogP contribution in [0.3, 0.4) is 0 Å². The molecule has 2 aromatic heterocycles. The monoisotopic (exact) mass is 288 g/mol. The third kappa shape index (κ3) is 2.71. The van der Waals surface area contributed by atoms with Crippen molar-refractivity contribution < 1.29 is 4.79 Å². The predicted molar refractivity (Wildman–Crippen MR) is 79.0 cm³/mol. The molecule has 104 valence electrons. The fourth-order valence-electron chi connectivity index (χ4n) is 2.30. The van der Waals surface area contributed by atoms with Gasteiger partial charge in [0.2, 0.25) is 0 Å². The first-order chi connectivity index (χ1) is 9.61. The standard InChI is InChI=1S/C14H16N4OS/c1-8-4-9(7-16-6-8)13(19)18-14-17-11-3-2-10(15)5-12(11)20-14/h4,6-7,10H,2-3,5,15H2,1H3,(H,17,18,19)/t10-/m0/s1. The van der Waals surface area contributed by atoms with Crippen molar-refractivity contribution in [2.45, 2.75) is 32.2 Å². The van der Waals surface area contributed by atoms with Gasteiger partial charge in [0, 0.05) is 23.3 Å². The van der Waals surface area contributed by atoms with Crippen molar-refractivity contribution in [1.82, 2.24) is 9.97 Å². The van der Waals surface area contributed by atoms with E-state index in [1.54, 1.807) is 12.4 Å². The summed E-state index contributed by atoms with van der Waals surface area (Å²) in [4.78, 5) is 21.8. The van der Waals surface area contributed by atoms with Crippen LogP contribution in [0.25, 0.3) is 0 Å². The predicted octanol–water partition coefficient (Wildman–Crippen LogP) is 1.91. The number of hydrogen-bond acceptors (Lipinski definition) is 5. The Kier molecular flexibility index (Phi) is 3.50. The molecule has 6 heteroatoms. The van der Waals surface area contributed by atoms with Crippen LogP contribution in [-0.4, -0.2) is 21.9 Å². The van der Waals surface area contributed by atoms with E-state index in [-0.39, 0.29) is 11.9 Å². The molecule has 5 nitrogen and oxygen atoms in total. The number of pyridine rings is 1. The number of nitrogens with zero attached hydrogens (tertiary/aromatic N) is 2. The number of carbonyl (C=O) groups is 1. The number of aromatic nitrogens is 2. The molecule has 1 amide bonds. The average Bonchev–Trinajstić information content (AvgIpc) is 2.80. The van der Waals surface area contributed by atoms with Crippen molar-refractivity contribution in [3.8, 4) is 0 Å². The number of nitrogens with two attached hydrogens (primary N) is 1. The van der Waals surface area contributed by atoms with Gasteiger partial charge in [-0.3, -0.25) is 15.1 Å². The highest BCUT2D eigenvalue weighted by molar-refractivity contribution is 7.15. The Morgan fingerprint density at radius 2 is 2.35 bits per heavy atom. The van der Waals surface area contributed by atoms with E-state index in [0.29, 0.717) is 10.7 Å². The number of carbonyl (C=O) groups excluding carboxylic acids is 1. The van der Waals surface area contributed by atoms with Gasteiger partial charge in [0.15, 0.2) is 5.13 Å². The first-order valence-electron chi connectivity index (χ1n) is 6.59. The number of hydrogen-bond donors (Lipinski definition) is 2. The molecule has 0 fully saturated rings. The Morgan fingerprint density at radius 3 is 3.15 bits per heavy atom. The SMILES string of the molecule is Cc1cncc(C(=O)Nc2nc3c(s2)C[C@@H](N)CC3)c1. The summed E-state index contributed by atoms with van der Waals surface area (Å²) in [6.45, 7) is 1.91.